The second kappa shape index (κ2) is 5.07. The summed E-state index contributed by atoms with van der Waals surface area (Å²) in [5.41, 5.74) is 1.08. The van der Waals surface area contributed by atoms with E-state index in [1.54, 1.807) is 6.07 Å². The smallest absolute Gasteiger partial charge is 0.408 e. The van der Waals surface area contributed by atoms with Gasteiger partial charge >= 0.3 is 6.09 Å². The molecular weight excluding hydrogens is 247 g/mol. The number of halogens is 1. The van der Waals surface area contributed by atoms with Gasteiger partial charge in [-0.1, -0.05) is 0 Å². The van der Waals surface area contributed by atoms with Crippen LogP contribution in [0.2, 0.25) is 0 Å². The fourth-order valence-corrected chi connectivity index (χ4v) is 2.09. The Morgan fingerprint density at radius 1 is 1.47 bits per heavy atom. The summed E-state index contributed by atoms with van der Waals surface area (Å²) in [6.45, 7) is 6.16. The van der Waals surface area contributed by atoms with Crippen LogP contribution in [-0.2, 0) is 4.74 Å². The number of fused-ring (bicyclic) bond motifs is 1. The third kappa shape index (κ3) is 3.59. The van der Waals surface area contributed by atoms with Crippen molar-refractivity contribution in [2.45, 2.75) is 38.8 Å². The van der Waals surface area contributed by atoms with Gasteiger partial charge in [-0.15, -0.1) is 0 Å². The van der Waals surface area contributed by atoms with Crippen molar-refractivity contribution in [3.63, 3.8) is 0 Å². The Morgan fingerprint density at radius 2 is 2.21 bits per heavy atom. The fraction of sp³-hybridized carbons (Fsp3) is 0.500. The summed E-state index contributed by atoms with van der Waals surface area (Å²) in [5, 5.41) is 5.97. The third-order valence-corrected chi connectivity index (χ3v) is 2.83. The van der Waals surface area contributed by atoms with Crippen LogP contribution in [0.1, 0.15) is 38.8 Å². The summed E-state index contributed by atoms with van der Waals surface area (Å²) in [6, 6.07) is 4.32. The molecule has 1 aliphatic rings. The van der Waals surface area contributed by atoms with Gasteiger partial charge in [-0.25, -0.2) is 9.18 Å². The molecule has 1 aliphatic heterocycles. The van der Waals surface area contributed by atoms with Gasteiger partial charge in [-0.3, -0.25) is 0 Å². The molecule has 2 rings (SSSR count). The molecule has 0 aromatic heterocycles. The van der Waals surface area contributed by atoms with Crippen LogP contribution in [-0.4, -0.2) is 18.2 Å². The number of benzene rings is 1. The SMILES string of the molecule is CC(C)(C)OC(=O)NC1CCNc2ccc(F)cc21. The highest BCUT2D eigenvalue weighted by Gasteiger charge is 2.24. The molecule has 1 unspecified atom stereocenters. The number of ether oxygens (including phenoxy) is 1. The van der Waals surface area contributed by atoms with Crippen molar-refractivity contribution in [1.29, 1.82) is 0 Å². The molecule has 0 saturated heterocycles. The highest BCUT2D eigenvalue weighted by Crippen LogP contribution is 2.30. The summed E-state index contributed by atoms with van der Waals surface area (Å²) >= 11 is 0. The zero-order valence-corrected chi connectivity index (χ0v) is 11.4. The quantitative estimate of drug-likeness (QED) is 0.820. The van der Waals surface area contributed by atoms with E-state index in [0.717, 1.165) is 17.8 Å². The Bertz CT molecular complexity index is 483. The minimum Gasteiger partial charge on any atom is -0.444 e. The van der Waals surface area contributed by atoms with Crippen molar-refractivity contribution in [2.24, 2.45) is 0 Å². The number of hydrogen-bond donors (Lipinski definition) is 2. The van der Waals surface area contributed by atoms with Crippen LogP contribution in [0.15, 0.2) is 18.2 Å². The Kier molecular flexibility index (Phi) is 3.64. The lowest BCUT2D eigenvalue weighted by atomic mass is 9.98. The number of nitrogens with one attached hydrogen (secondary N) is 2. The molecule has 1 atom stereocenters. The van der Waals surface area contributed by atoms with Crippen molar-refractivity contribution >= 4 is 11.8 Å². The Hall–Kier alpha value is -1.78. The van der Waals surface area contributed by atoms with E-state index in [9.17, 15) is 9.18 Å². The maximum atomic E-state index is 13.3. The summed E-state index contributed by atoms with van der Waals surface area (Å²) in [5.74, 6) is -0.307. The molecule has 5 heteroatoms. The highest BCUT2D eigenvalue weighted by molar-refractivity contribution is 5.69. The molecule has 4 nitrogen and oxygen atoms in total. The number of carbonyl (C=O) groups excluding carboxylic acids is 1. The summed E-state index contributed by atoms with van der Waals surface area (Å²) in [4.78, 5) is 11.8. The number of anilines is 1. The van der Waals surface area contributed by atoms with E-state index in [1.807, 2.05) is 20.8 Å². The maximum Gasteiger partial charge on any atom is 0.408 e. The molecule has 1 heterocycles. The second-order valence-electron chi connectivity index (χ2n) is 5.65. The summed E-state index contributed by atoms with van der Waals surface area (Å²) in [7, 11) is 0. The molecule has 0 spiro atoms. The van der Waals surface area contributed by atoms with Gasteiger partial charge in [0.2, 0.25) is 0 Å². The van der Waals surface area contributed by atoms with Gasteiger partial charge in [0.1, 0.15) is 11.4 Å². The molecule has 1 aromatic rings. The van der Waals surface area contributed by atoms with E-state index in [0.29, 0.717) is 6.42 Å². The first-order valence-corrected chi connectivity index (χ1v) is 6.38. The first kappa shape index (κ1) is 13.6. The Morgan fingerprint density at radius 3 is 2.89 bits per heavy atom. The van der Waals surface area contributed by atoms with Gasteiger partial charge in [0, 0.05) is 17.8 Å². The van der Waals surface area contributed by atoms with Crippen LogP contribution >= 0.6 is 0 Å². The van der Waals surface area contributed by atoms with Crippen molar-refractivity contribution in [3.8, 4) is 0 Å². The maximum absolute atomic E-state index is 13.3. The number of alkyl carbamates (subject to hydrolysis) is 1. The Balaban J connectivity index is 2.11. The van der Waals surface area contributed by atoms with Crippen LogP contribution in [0.3, 0.4) is 0 Å². The molecule has 0 aliphatic carbocycles. The molecule has 1 amide bonds. The number of hydrogen-bond acceptors (Lipinski definition) is 3. The van der Waals surface area contributed by atoms with Gasteiger partial charge < -0.3 is 15.4 Å². The van der Waals surface area contributed by atoms with Crippen LogP contribution in [0.4, 0.5) is 14.9 Å². The molecule has 19 heavy (non-hydrogen) atoms. The van der Waals surface area contributed by atoms with E-state index >= 15 is 0 Å². The van der Waals surface area contributed by atoms with Crippen molar-refractivity contribution in [1.82, 2.24) is 5.32 Å². The lowest BCUT2D eigenvalue weighted by Crippen LogP contribution is -2.37. The molecular formula is C14H19FN2O2. The Labute approximate surface area is 112 Å². The molecule has 1 aromatic carbocycles. The predicted molar refractivity (Wildman–Crippen MR) is 71.6 cm³/mol. The lowest BCUT2D eigenvalue weighted by Gasteiger charge is -2.28. The van der Waals surface area contributed by atoms with Crippen LogP contribution in [0.5, 0.6) is 0 Å². The van der Waals surface area contributed by atoms with E-state index < -0.39 is 11.7 Å². The van der Waals surface area contributed by atoms with Gasteiger partial charge in [-0.05, 0) is 45.4 Å². The minimum atomic E-state index is -0.540. The first-order chi connectivity index (χ1) is 8.85. The average molecular weight is 266 g/mol. The molecule has 0 fully saturated rings. The van der Waals surface area contributed by atoms with Crippen LogP contribution < -0.4 is 10.6 Å². The number of rotatable bonds is 1. The molecule has 2 N–H and O–H groups in total. The van der Waals surface area contributed by atoms with Gasteiger partial charge in [-0.2, -0.15) is 0 Å². The summed E-state index contributed by atoms with van der Waals surface area (Å²) < 4.78 is 18.5. The van der Waals surface area contributed by atoms with Gasteiger partial charge in [0.05, 0.1) is 6.04 Å². The minimum absolute atomic E-state index is 0.221. The van der Waals surface area contributed by atoms with Crippen LogP contribution in [0, 0.1) is 5.82 Å². The predicted octanol–water partition coefficient (Wildman–Crippen LogP) is 3.21. The zero-order valence-electron chi connectivity index (χ0n) is 11.4. The number of carbonyl (C=O) groups is 1. The van der Waals surface area contributed by atoms with E-state index in [1.165, 1.54) is 12.1 Å². The average Bonchev–Trinajstić information content (AvgIpc) is 2.27. The molecule has 0 radical (unpaired) electrons. The fourth-order valence-electron chi connectivity index (χ4n) is 2.09. The molecule has 0 saturated carbocycles. The standard InChI is InChI=1S/C14H19FN2O2/c1-14(2,3)19-13(18)17-12-6-7-16-11-5-4-9(15)8-10(11)12/h4-5,8,12,16H,6-7H2,1-3H3,(H,17,18). The largest absolute Gasteiger partial charge is 0.444 e. The van der Waals surface area contributed by atoms with Crippen molar-refractivity contribution < 1.29 is 13.9 Å². The topological polar surface area (TPSA) is 50.4 Å². The van der Waals surface area contributed by atoms with E-state index in [4.69, 9.17) is 4.74 Å². The van der Waals surface area contributed by atoms with Gasteiger partial charge in [0.15, 0.2) is 0 Å². The van der Waals surface area contributed by atoms with Crippen LogP contribution in [0.25, 0.3) is 0 Å². The first-order valence-electron chi connectivity index (χ1n) is 6.38. The van der Waals surface area contributed by atoms with E-state index in [-0.39, 0.29) is 11.9 Å². The van der Waals surface area contributed by atoms with Crippen molar-refractivity contribution in [2.75, 3.05) is 11.9 Å². The molecule has 104 valence electrons. The second-order valence-corrected chi connectivity index (χ2v) is 5.65. The lowest BCUT2D eigenvalue weighted by molar-refractivity contribution is 0.0501. The monoisotopic (exact) mass is 266 g/mol. The molecule has 0 bridgehead atoms. The van der Waals surface area contributed by atoms with Gasteiger partial charge in [0.25, 0.3) is 0 Å². The third-order valence-electron chi connectivity index (χ3n) is 2.83. The normalized spacial score (nSPS) is 18.2. The summed E-state index contributed by atoms with van der Waals surface area (Å²) in [6.07, 6.45) is 0.227. The van der Waals surface area contributed by atoms with E-state index in [2.05, 4.69) is 10.6 Å². The van der Waals surface area contributed by atoms with Crippen molar-refractivity contribution in [3.05, 3.63) is 29.6 Å². The highest BCUT2D eigenvalue weighted by atomic mass is 19.1. The zero-order chi connectivity index (χ0) is 14.0. The number of amides is 1.